The van der Waals surface area contributed by atoms with Crippen molar-refractivity contribution in [3.8, 4) is 11.4 Å². The molecule has 0 radical (unpaired) electrons. The van der Waals surface area contributed by atoms with Crippen LogP contribution in [-0.2, 0) is 19.0 Å². The Morgan fingerprint density at radius 2 is 2.17 bits per heavy atom. The van der Waals surface area contributed by atoms with Gasteiger partial charge in [0, 0.05) is 6.20 Å². The predicted molar refractivity (Wildman–Crippen MR) is 80.7 cm³/mol. The van der Waals surface area contributed by atoms with Gasteiger partial charge in [-0.25, -0.2) is 4.68 Å². The van der Waals surface area contributed by atoms with Crippen LogP contribution >= 0.6 is 0 Å². The minimum absolute atomic E-state index is 0.0952. The van der Waals surface area contributed by atoms with E-state index in [2.05, 4.69) is 15.3 Å². The Morgan fingerprint density at radius 1 is 1.29 bits per heavy atom. The Hall–Kier alpha value is -2.36. The van der Waals surface area contributed by atoms with Crippen molar-refractivity contribution in [2.75, 3.05) is 19.8 Å². The van der Waals surface area contributed by atoms with Gasteiger partial charge in [-0.2, -0.15) is 0 Å². The maximum Gasteiger partial charge on any atom is 0.243 e. The molecule has 24 heavy (non-hydrogen) atoms. The molecule has 2 aromatic heterocycles. The Labute approximate surface area is 137 Å². The van der Waals surface area contributed by atoms with E-state index in [1.54, 1.807) is 10.9 Å². The summed E-state index contributed by atoms with van der Waals surface area (Å²) in [7, 11) is 0. The van der Waals surface area contributed by atoms with Gasteiger partial charge in [0.15, 0.2) is 0 Å². The second-order valence-electron chi connectivity index (χ2n) is 5.78. The molecule has 0 aliphatic carbocycles. The second kappa shape index (κ2) is 6.27. The summed E-state index contributed by atoms with van der Waals surface area (Å²) in [5, 5.41) is 8.36. The molecule has 1 amide bonds. The van der Waals surface area contributed by atoms with Crippen LogP contribution < -0.4 is 5.73 Å². The smallest absolute Gasteiger partial charge is 0.243 e. The first-order valence-corrected chi connectivity index (χ1v) is 7.69. The topological polar surface area (TPSA) is 114 Å². The fraction of sp³-hybridized carbons (Fsp3) is 0.467. The van der Waals surface area contributed by atoms with Crippen molar-refractivity contribution in [2.45, 2.75) is 24.4 Å². The molecule has 2 saturated heterocycles. The third-order valence-electron chi connectivity index (χ3n) is 4.20. The Bertz CT molecular complexity index is 722. The Kier molecular flexibility index (Phi) is 3.97. The molecule has 0 spiro atoms. The number of primary amides is 1. The summed E-state index contributed by atoms with van der Waals surface area (Å²) in [6.45, 7) is 0.663. The number of amides is 1. The molecule has 0 bridgehead atoms. The molecule has 0 aromatic carbocycles. The number of ether oxygens (including phenoxy) is 3. The second-order valence-corrected chi connectivity index (χ2v) is 5.78. The number of rotatable bonds is 5. The fourth-order valence-electron chi connectivity index (χ4n) is 3.07. The van der Waals surface area contributed by atoms with Gasteiger partial charge in [-0.1, -0.05) is 11.3 Å². The fourth-order valence-corrected chi connectivity index (χ4v) is 3.07. The van der Waals surface area contributed by atoms with Crippen molar-refractivity contribution in [2.24, 2.45) is 5.73 Å². The molecule has 4 atom stereocenters. The molecule has 2 aliphatic rings. The molecule has 9 heteroatoms. The highest BCUT2D eigenvalue weighted by Crippen LogP contribution is 2.35. The van der Waals surface area contributed by atoms with Gasteiger partial charge < -0.3 is 19.9 Å². The number of nitrogens with zero attached hydrogens (tertiary/aromatic N) is 4. The molecule has 4 heterocycles. The molecule has 126 valence electrons. The summed E-state index contributed by atoms with van der Waals surface area (Å²) in [4.78, 5) is 15.1. The average Bonchev–Trinajstić information content (AvgIpc) is 3.30. The van der Waals surface area contributed by atoms with Crippen LogP contribution in [0.25, 0.3) is 11.4 Å². The number of carbonyl (C=O) groups is 1. The van der Waals surface area contributed by atoms with E-state index >= 15 is 0 Å². The van der Waals surface area contributed by atoms with E-state index in [1.165, 1.54) is 0 Å². The summed E-state index contributed by atoms with van der Waals surface area (Å²) in [5.41, 5.74) is 6.56. The molecule has 0 saturated carbocycles. The highest BCUT2D eigenvalue weighted by Gasteiger charge is 2.49. The number of pyridine rings is 1. The molecular weight excluding hydrogens is 314 g/mol. The van der Waals surface area contributed by atoms with Crippen LogP contribution in [0.15, 0.2) is 30.6 Å². The third-order valence-corrected chi connectivity index (χ3v) is 4.20. The molecule has 2 aromatic rings. The lowest BCUT2D eigenvalue weighted by molar-refractivity contribution is -0.126. The van der Waals surface area contributed by atoms with E-state index in [0.29, 0.717) is 18.9 Å². The molecule has 4 rings (SSSR count). The van der Waals surface area contributed by atoms with E-state index in [1.807, 2.05) is 24.4 Å². The van der Waals surface area contributed by atoms with Crippen LogP contribution in [0.3, 0.4) is 0 Å². The summed E-state index contributed by atoms with van der Waals surface area (Å²) in [6, 6.07) is 5.53. The lowest BCUT2D eigenvalue weighted by Gasteiger charge is -2.16. The number of aromatic nitrogens is 4. The molecule has 4 unspecified atom stereocenters. The van der Waals surface area contributed by atoms with Crippen molar-refractivity contribution >= 4 is 5.91 Å². The van der Waals surface area contributed by atoms with Gasteiger partial charge >= 0.3 is 0 Å². The van der Waals surface area contributed by atoms with Crippen LogP contribution in [0.2, 0.25) is 0 Å². The van der Waals surface area contributed by atoms with Gasteiger partial charge in [-0.05, 0) is 12.1 Å². The minimum Gasteiger partial charge on any atom is -0.370 e. The highest BCUT2D eigenvalue weighted by atomic mass is 16.6. The number of carbonyl (C=O) groups excluding carboxylic acids is 1. The summed E-state index contributed by atoms with van der Waals surface area (Å²) in [5.74, 6) is -0.510. The van der Waals surface area contributed by atoms with Crippen LogP contribution in [0.1, 0.15) is 6.04 Å². The van der Waals surface area contributed by atoms with Crippen molar-refractivity contribution < 1.29 is 19.0 Å². The third kappa shape index (κ3) is 2.77. The van der Waals surface area contributed by atoms with E-state index in [0.717, 1.165) is 5.69 Å². The van der Waals surface area contributed by atoms with Gasteiger partial charge in [0.05, 0.1) is 25.1 Å². The zero-order chi connectivity index (χ0) is 16.5. The monoisotopic (exact) mass is 331 g/mol. The molecule has 2 aliphatic heterocycles. The van der Waals surface area contributed by atoms with Gasteiger partial charge in [0.2, 0.25) is 5.91 Å². The first-order valence-electron chi connectivity index (χ1n) is 7.69. The normalized spacial score (nSPS) is 28.8. The van der Waals surface area contributed by atoms with E-state index < -0.39 is 5.91 Å². The Balaban J connectivity index is 1.47. The van der Waals surface area contributed by atoms with Crippen LogP contribution in [0.5, 0.6) is 0 Å². The first-order chi connectivity index (χ1) is 11.7. The average molecular weight is 331 g/mol. The largest absolute Gasteiger partial charge is 0.370 e. The summed E-state index contributed by atoms with van der Waals surface area (Å²) in [6.07, 6.45) is 2.81. The van der Waals surface area contributed by atoms with E-state index in [9.17, 15) is 4.79 Å². The van der Waals surface area contributed by atoms with Crippen molar-refractivity contribution in [3.05, 3.63) is 30.6 Å². The molecule has 2 fully saturated rings. The standard InChI is InChI=1S/C15H17N5O4/c16-13(21)8-22-12-7-24-14-11(6-23-15(12)14)20-5-10(18-19-20)9-3-1-2-4-17-9/h1-5,11-12,14-15H,6-8H2,(H2,16,21). The van der Waals surface area contributed by atoms with Crippen molar-refractivity contribution in [3.63, 3.8) is 0 Å². The first kappa shape index (κ1) is 15.2. The van der Waals surface area contributed by atoms with Crippen LogP contribution in [-0.4, -0.2) is 64.0 Å². The highest BCUT2D eigenvalue weighted by molar-refractivity contribution is 5.75. The quantitative estimate of drug-likeness (QED) is 0.789. The van der Waals surface area contributed by atoms with E-state index in [4.69, 9.17) is 19.9 Å². The Morgan fingerprint density at radius 3 is 2.96 bits per heavy atom. The molecule has 2 N–H and O–H groups in total. The van der Waals surface area contributed by atoms with Crippen LogP contribution in [0, 0.1) is 0 Å². The molecular formula is C15H17N5O4. The summed E-state index contributed by atoms with van der Waals surface area (Å²) >= 11 is 0. The zero-order valence-electron chi connectivity index (χ0n) is 12.8. The maximum absolute atomic E-state index is 10.9. The zero-order valence-corrected chi connectivity index (χ0v) is 12.8. The minimum atomic E-state index is -0.510. The van der Waals surface area contributed by atoms with Crippen molar-refractivity contribution in [1.29, 1.82) is 0 Å². The van der Waals surface area contributed by atoms with Gasteiger partial charge in [-0.15, -0.1) is 5.10 Å². The predicted octanol–water partition coefficient (Wildman–Crippen LogP) is -0.451. The lowest BCUT2D eigenvalue weighted by atomic mass is 10.1. The summed E-state index contributed by atoms with van der Waals surface area (Å²) < 4.78 is 18.8. The number of fused-ring (bicyclic) bond motifs is 1. The van der Waals surface area contributed by atoms with Gasteiger partial charge in [0.1, 0.15) is 36.7 Å². The van der Waals surface area contributed by atoms with Gasteiger partial charge in [-0.3, -0.25) is 9.78 Å². The molecule has 9 nitrogen and oxygen atoms in total. The van der Waals surface area contributed by atoms with Crippen molar-refractivity contribution in [1.82, 2.24) is 20.0 Å². The lowest BCUT2D eigenvalue weighted by Crippen LogP contribution is -2.34. The number of hydrogen-bond donors (Lipinski definition) is 1. The maximum atomic E-state index is 10.9. The van der Waals surface area contributed by atoms with Gasteiger partial charge in [0.25, 0.3) is 0 Å². The van der Waals surface area contributed by atoms with E-state index in [-0.39, 0.29) is 31.0 Å². The SMILES string of the molecule is NC(=O)COC1COC2C1OCC2n1cc(-c2ccccn2)nn1. The number of nitrogens with two attached hydrogens (primary N) is 1. The van der Waals surface area contributed by atoms with Crippen LogP contribution in [0.4, 0.5) is 0 Å². The number of hydrogen-bond acceptors (Lipinski definition) is 7.